The van der Waals surface area contributed by atoms with Crippen molar-refractivity contribution in [2.45, 2.75) is 52.1 Å². The number of aliphatic carboxylic acids is 1. The zero-order valence-electron chi connectivity index (χ0n) is 11.4. The molecule has 5 heteroatoms. The van der Waals surface area contributed by atoms with Crippen LogP contribution in [0.3, 0.4) is 0 Å². The fraction of sp³-hybridized carbons (Fsp3) is 0.692. The van der Waals surface area contributed by atoms with E-state index in [1.54, 1.807) is 4.68 Å². The van der Waals surface area contributed by atoms with Crippen molar-refractivity contribution in [3.8, 4) is 0 Å². The summed E-state index contributed by atoms with van der Waals surface area (Å²) in [7, 11) is 1.88. The van der Waals surface area contributed by atoms with E-state index >= 15 is 0 Å². The molecule has 0 fully saturated rings. The maximum atomic E-state index is 11.1. The number of unbranched alkanes of at least 4 members (excludes halogenated alkanes) is 1. The number of nitrogens with zero attached hydrogens (tertiary/aromatic N) is 2. The first-order valence-corrected chi connectivity index (χ1v) is 6.56. The van der Waals surface area contributed by atoms with Crippen LogP contribution in [0.5, 0.6) is 0 Å². The third-order valence-corrected chi connectivity index (χ3v) is 3.01. The van der Waals surface area contributed by atoms with Gasteiger partial charge in [0.2, 0.25) is 0 Å². The van der Waals surface area contributed by atoms with Gasteiger partial charge in [-0.2, -0.15) is 5.10 Å². The fourth-order valence-electron chi connectivity index (χ4n) is 1.98. The molecule has 0 radical (unpaired) electrons. The molecular weight excluding hydrogens is 230 g/mol. The number of carboxylic acids is 1. The first-order valence-electron chi connectivity index (χ1n) is 6.56. The highest BCUT2D eigenvalue weighted by atomic mass is 16.4. The minimum Gasteiger partial charge on any atom is -0.480 e. The van der Waals surface area contributed by atoms with Crippen LogP contribution in [0.4, 0.5) is 0 Å². The Bertz CT molecular complexity index is 388. The first kappa shape index (κ1) is 14.7. The van der Waals surface area contributed by atoms with E-state index in [1.807, 2.05) is 13.2 Å². The lowest BCUT2D eigenvalue weighted by atomic mass is 10.1. The van der Waals surface area contributed by atoms with Crippen LogP contribution >= 0.6 is 0 Å². The summed E-state index contributed by atoms with van der Waals surface area (Å²) in [6.07, 6.45) is 5.43. The number of carboxylic acid groups (broad SMARTS) is 1. The number of carbonyl (C=O) groups is 1. The van der Waals surface area contributed by atoms with Gasteiger partial charge >= 0.3 is 5.97 Å². The predicted octanol–water partition coefficient (Wildman–Crippen LogP) is 1.72. The number of hydrogen-bond acceptors (Lipinski definition) is 3. The minimum atomic E-state index is -0.773. The lowest BCUT2D eigenvalue weighted by Gasteiger charge is -2.13. The third-order valence-electron chi connectivity index (χ3n) is 3.01. The van der Waals surface area contributed by atoms with E-state index in [0.29, 0.717) is 13.0 Å². The van der Waals surface area contributed by atoms with E-state index in [0.717, 1.165) is 30.5 Å². The molecule has 18 heavy (non-hydrogen) atoms. The molecule has 0 saturated carbocycles. The van der Waals surface area contributed by atoms with Crippen molar-refractivity contribution in [2.24, 2.45) is 7.05 Å². The molecule has 102 valence electrons. The highest BCUT2D eigenvalue weighted by Gasteiger charge is 2.16. The van der Waals surface area contributed by atoms with Gasteiger partial charge in [-0.1, -0.05) is 26.7 Å². The summed E-state index contributed by atoms with van der Waals surface area (Å²) < 4.78 is 1.78. The SMILES string of the molecule is CCCCC(NCc1cn(C)nc1CC)C(=O)O. The largest absolute Gasteiger partial charge is 0.480 e. The summed E-state index contributed by atoms with van der Waals surface area (Å²) >= 11 is 0. The van der Waals surface area contributed by atoms with Gasteiger partial charge in [0.25, 0.3) is 0 Å². The molecule has 1 aromatic heterocycles. The molecule has 1 rings (SSSR count). The standard InChI is InChI=1S/C13H23N3O2/c1-4-6-7-12(13(17)18)14-8-10-9-16(3)15-11(10)5-2/h9,12,14H,4-8H2,1-3H3,(H,17,18). The number of nitrogens with one attached hydrogen (secondary N) is 1. The monoisotopic (exact) mass is 253 g/mol. The Morgan fingerprint density at radius 1 is 1.56 bits per heavy atom. The minimum absolute atomic E-state index is 0.463. The van der Waals surface area contributed by atoms with Crippen molar-refractivity contribution in [3.63, 3.8) is 0 Å². The topological polar surface area (TPSA) is 67.2 Å². The fourth-order valence-corrected chi connectivity index (χ4v) is 1.98. The number of rotatable bonds is 8. The molecule has 1 unspecified atom stereocenters. The summed E-state index contributed by atoms with van der Waals surface area (Å²) in [6.45, 7) is 4.69. The van der Waals surface area contributed by atoms with Gasteiger partial charge in [0, 0.05) is 25.4 Å². The maximum absolute atomic E-state index is 11.1. The van der Waals surface area contributed by atoms with Crippen molar-refractivity contribution < 1.29 is 9.90 Å². The molecule has 5 nitrogen and oxygen atoms in total. The van der Waals surface area contributed by atoms with Gasteiger partial charge < -0.3 is 10.4 Å². The van der Waals surface area contributed by atoms with Crippen molar-refractivity contribution in [2.75, 3.05) is 0 Å². The van der Waals surface area contributed by atoms with Gasteiger partial charge in [-0.05, 0) is 12.8 Å². The number of aryl methyl sites for hydroxylation is 2. The van der Waals surface area contributed by atoms with Crippen LogP contribution < -0.4 is 5.32 Å². The van der Waals surface area contributed by atoms with Crippen LogP contribution in [-0.4, -0.2) is 26.9 Å². The Balaban J connectivity index is 2.57. The number of aromatic nitrogens is 2. The van der Waals surface area contributed by atoms with Gasteiger partial charge in [0.1, 0.15) is 6.04 Å². The average molecular weight is 253 g/mol. The summed E-state index contributed by atoms with van der Waals surface area (Å²) in [6, 6.07) is -0.463. The molecule has 1 aromatic rings. The summed E-state index contributed by atoms with van der Waals surface area (Å²) in [5.74, 6) is -0.773. The molecule has 2 N–H and O–H groups in total. The molecule has 0 aliphatic rings. The van der Waals surface area contributed by atoms with Crippen LogP contribution in [0.1, 0.15) is 44.4 Å². The van der Waals surface area contributed by atoms with E-state index < -0.39 is 12.0 Å². The number of hydrogen-bond donors (Lipinski definition) is 2. The van der Waals surface area contributed by atoms with Crippen LogP contribution in [-0.2, 0) is 24.8 Å². The van der Waals surface area contributed by atoms with Crippen LogP contribution in [0.2, 0.25) is 0 Å². The Labute approximate surface area is 108 Å². The van der Waals surface area contributed by atoms with Crippen LogP contribution in [0.25, 0.3) is 0 Å². The van der Waals surface area contributed by atoms with E-state index in [2.05, 4.69) is 24.3 Å². The molecule has 0 spiro atoms. The molecule has 0 aliphatic carbocycles. The Hall–Kier alpha value is -1.36. The van der Waals surface area contributed by atoms with Gasteiger partial charge in [0.15, 0.2) is 0 Å². The van der Waals surface area contributed by atoms with E-state index in [1.165, 1.54) is 0 Å². The normalized spacial score (nSPS) is 12.6. The van der Waals surface area contributed by atoms with E-state index in [9.17, 15) is 4.79 Å². The second-order valence-corrected chi connectivity index (χ2v) is 4.54. The smallest absolute Gasteiger partial charge is 0.320 e. The molecule has 0 amide bonds. The zero-order chi connectivity index (χ0) is 13.5. The molecule has 0 aromatic carbocycles. The molecule has 0 aliphatic heterocycles. The quantitative estimate of drug-likeness (QED) is 0.740. The summed E-state index contributed by atoms with van der Waals surface area (Å²) in [5, 5.41) is 16.6. The van der Waals surface area contributed by atoms with Gasteiger partial charge in [0.05, 0.1) is 5.69 Å². The van der Waals surface area contributed by atoms with Crippen molar-refractivity contribution in [1.82, 2.24) is 15.1 Å². The lowest BCUT2D eigenvalue weighted by Crippen LogP contribution is -2.36. The second-order valence-electron chi connectivity index (χ2n) is 4.54. The van der Waals surface area contributed by atoms with Gasteiger partial charge in [-0.3, -0.25) is 9.48 Å². The Morgan fingerprint density at radius 2 is 2.28 bits per heavy atom. The highest BCUT2D eigenvalue weighted by Crippen LogP contribution is 2.08. The maximum Gasteiger partial charge on any atom is 0.320 e. The van der Waals surface area contributed by atoms with E-state index in [4.69, 9.17) is 5.11 Å². The van der Waals surface area contributed by atoms with Gasteiger partial charge in [-0.15, -0.1) is 0 Å². The highest BCUT2D eigenvalue weighted by molar-refractivity contribution is 5.73. The van der Waals surface area contributed by atoms with Crippen molar-refractivity contribution >= 4 is 5.97 Å². The molecular formula is C13H23N3O2. The van der Waals surface area contributed by atoms with Crippen molar-refractivity contribution in [3.05, 3.63) is 17.5 Å². The molecule has 0 saturated heterocycles. The summed E-state index contributed by atoms with van der Waals surface area (Å²) in [4.78, 5) is 11.1. The molecule has 1 atom stereocenters. The summed E-state index contributed by atoms with van der Waals surface area (Å²) in [5.41, 5.74) is 2.12. The molecule has 1 heterocycles. The Morgan fingerprint density at radius 3 is 2.83 bits per heavy atom. The van der Waals surface area contributed by atoms with E-state index in [-0.39, 0.29) is 0 Å². The first-order chi connectivity index (χ1) is 8.58. The predicted molar refractivity (Wildman–Crippen MR) is 70.4 cm³/mol. The third kappa shape index (κ3) is 4.14. The van der Waals surface area contributed by atoms with Crippen LogP contribution in [0.15, 0.2) is 6.20 Å². The van der Waals surface area contributed by atoms with Crippen LogP contribution in [0, 0.1) is 0 Å². The Kier molecular flexibility index (Phi) is 5.85. The zero-order valence-corrected chi connectivity index (χ0v) is 11.4. The second kappa shape index (κ2) is 7.16. The average Bonchev–Trinajstić information content (AvgIpc) is 2.69. The lowest BCUT2D eigenvalue weighted by molar-refractivity contribution is -0.139. The molecule has 0 bridgehead atoms. The van der Waals surface area contributed by atoms with Crippen molar-refractivity contribution in [1.29, 1.82) is 0 Å². The van der Waals surface area contributed by atoms with Gasteiger partial charge in [-0.25, -0.2) is 0 Å².